The molecule has 0 saturated heterocycles. The van der Waals surface area contributed by atoms with Crippen molar-refractivity contribution in [2.24, 2.45) is 0 Å². The van der Waals surface area contributed by atoms with Crippen LogP contribution in [0.1, 0.15) is 24.8 Å². The van der Waals surface area contributed by atoms with Gasteiger partial charge in [0.15, 0.2) is 11.5 Å². The Labute approximate surface area is 135 Å². The summed E-state index contributed by atoms with van der Waals surface area (Å²) in [5.74, 6) is 0.668. The first-order chi connectivity index (χ1) is 11.0. The Kier molecular flexibility index (Phi) is 4.09. The van der Waals surface area contributed by atoms with Crippen LogP contribution in [0, 0.1) is 6.92 Å². The van der Waals surface area contributed by atoms with Crippen molar-refractivity contribution >= 4 is 26.8 Å². The van der Waals surface area contributed by atoms with Gasteiger partial charge >= 0.3 is 0 Å². The van der Waals surface area contributed by atoms with Gasteiger partial charge in [-0.2, -0.15) is 0 Å². The van der Waals surface area contributed by atoms with Crippen molar-refractivity contribution in [3.8, 4) is 0 Å². The molecule has 3 rings (SSSR count). The Hall–Kier alpha value is -2.34. The zero-order chi connectivity index (χ0) is 16.4. The highest BCUT2D eigenvalue weighted by atomic mass is 32.2. The molecular formula is C17H18N2O3S. The highest BCUT2D eigenvalue weighted by Gasteiger charge is 2.15. The SMILES string of the molecule is CCCc1nc2cc(NS(=O)(=O)c3ccc(C)cc3)ccc2o1. The second-order valence-electron chi connectivity index (χ2n) is 5.46. The molecule has 0 spiro atoms. The van der Waals surface area contributed by atoms with Crippen molar-refractivity contribution in [3.63, 3.8) is 0 Å². The normalized spacial score (nSPS) is 11.7. The van der Waals surface area contributed by atoms with E-state index in [1.807, 2.05) is 6.92 Å². The largest absolute Gasteiger partial charge is 0.441 e. The molecule has 120 valence electrons. The summed E-state index contributed by atoms with van der Waals surface area (Å²) in [5, 5.41) is 0. The topological polar surface area (TPSA) is 72.2 Å². The Morgan fingerprint density at radius 1 is 1.13 bits per heavy atom. The summed E-state index contributed by atoms with van der Waals surface area (Å²) in [7, 11) is -3.61. The second kappa shape index (κ2) is 6.04. The van der Waals surface area contributed by atoms with Gasteiger partial charge in [0, 0.05) is 6.42 Å². The molecule has 1 N–H and O–H groups in total. The van der Waals surface area contributed by atoms with Gasteiger partial charge in [-0.3, -0.25) is 4.72 Å². The molecule has 6 heteroatoms. The van der Waals surface area contributed by atoms with Crippen LogP contribution < -0.4 is 4.72 Å². The van der Waals surface area contributed by atoms with Crippen molar-refractivity contribution in [2.75, 3.05) is 4.72 Å². The van der Waals surface area contributed by atoms with Crippen molar-refractivity contribution in [2.45, 2.75) is 31.6 Å². The summed E-state index contributed by atoms with van der Waals surface area (Å²) in [4.78, 5) is 4.61. The predicted octanol–water partition coefficient (Wildman–Crippen LogP) is 3.89. The van der Waals surface area contributed by atoms with Crippen LogP contribution in [-0.4, -0.2) is 13.4 Å². The standard InChI is InChI=1S/C17H18N2O3S/c1-3-4-17-18-15-11-13(7-10-16(15)22-17)19-23(20,21)14-8-5-12(2)6-9-14/h5-11,19H,3-4H2,1-2H3. The van der Waals surface area contributed by atoms with Gasteiger partial charge < -0.3 is 4.42 Å². The Morgan fingerprint density at radius 3 is 2.57 bits per heavy atom. The molecule has 0 bridgehead atoms. The third-order valence-electron chi connectivity index (χ3n) is 3.48. The number of aryl methyl sites for hydroxylation is 2. The van der Waals surface area contributed by atoms with Crippen molar-refractivity contribution in [3.05, 3.63) is 53.9 Å². The van der Waals surface area contributed by atoms with Crippen molar-refractivity contribution in [1.29, 1.82) is 0 Å². The maximum Gasteiger partial charge on any atom is 0.261 e. The molecule has 0 unspecified atom stereocenters. The monoisotopic (exact) mass is 330 g/mol. The Balaban J connectivity index is 1.89. The first-order valence-corrected chi connectivity index (χ1v) is 8.95. The third kappa shape index (κ3) is 3.37. The summed E-state index contributed by atoms with van der Waals surface area (Å²) in [6.07, 6.45) is 1.71. The number of anilines is 1. The molecule has 0 saturated carbocycles. The summed E-state index contributed by atoms with van der Waals surface area (Å²) in [6.45, 7) is 3.96. The molecule has 2 aromatic carbocycles. The van der Waals surface area contributed by atoms with Gasteiger partial charge in [-0.15, -0.1) is 0 Å². The van der Waals surface area contributed by atoms with Gasteiger partial charge in [0.2, 0.25) is 0 Å². The number of fused-ring (bicyclic) bond motifs is 1. The van der Waals surface area contributed by atoms with Crippen LogP contribution in [0.5, 0.6) is 0 Å². The minimum absolute atomic E-state index is 0.232. The zero-order valence-electron chi connectivity index (χ0n) is 13.0. The summed E-state index contributed by atoms with van der Waals surface area (Å²) in [5.41, 5.74) is 2.79. The fourth-order valence-corrected chi connectivity index (χ4v) is 3.34. The van der Waals surface area contributed by atoms with Crippen LogP contribution in [0.25, 0.3) is 11.1 Å². The number of sulfonamides is 1. The lowest BCUT2D eigenvalue weighted by molar-refractivity contribution is 0.525. The maximum atomic E-state index is 12.4. The first-order valence-electron chi connectivity index (χ1n) is 7.47. The van der Waals surface area contributed by atoms with Gasteiger partial charge in [0.1, 0.15) is 5.52 Å². The average Bonchev–Trinajstić information content (AvgIpc) is 2.89. The highest BCUT2D eigenvalue weighted by Crippen LogP contribution is 2.23. The fourth-order valence-electron chi connectivity index (χ4n) is 2.29. The molecule has 5 nitrogen and oxygen atoms in total. The minimum atomic E-state index is -3.61. The summed E-state index contributed by atoms with van der Waals surface area (Å²) < 4.78 is 33.0. The van der Waals surface area contributed by atoms with Gasteiger partial charge in [0.25, 0.3) is 10.0 Å². The zero-order valence-corrected chi connectivity index (χ0v) is 13.9. The van der Waals surface area contributed by atoms with E-state index in [4.69, 9.17) is 4.42 Å². The van der Waals surface area contributed by atoms with Gasteiger partial charge in [-0.25, -0.2) is 13.4 Å². The van der Waals surface area contributed by atoms with Crippen molar-refractivity contribution in [1.82, 2.24) is 4.98 Å². The summed E-state index contributed by atoms with van der Waals surface area (Å²) in [6, 6.07) is 11.8. The van der Waals surface area contributed by atoms with Crippen LogP contribution >= 0.6 is 0 Å². The van der Waals surface area contributed by atoms with Crippen LogP contribution in [0.2, 0.25) is 0 Å². The molecule has 23 heavy (non-hydrogen) atoms. The number of nitrogens with one attached hydrogen (secondary N) is 1. The van der Waals surface area contributed by atoms with E-state index in [2.05, 4.69) is 16.6 Å². The van der Waals surface area contributed by atoms with E-state index in [1.54, 1.807) is 42.5 Å². The molecule has 0 amide bonds. The molecule has 1 heterocycles. The van der Waals surface area contributed by atoms with Gasteiger partial charge in [-0.1, -0.05) is 24.6 Å². The van der Waals surface area contributed by atoms with Gasteiger partial charge in [-0.05, 0) is 43.7 Å². The van der Waals surface area contributed by atoms with Crippen LogP contribution in [0.4, 0.5) is 5.69 Å². The van der Waals surface area contributed by atoms with E-state index >= 15 is 0 Å². The molecule has 0 atom stereocenters. The molecule has 0 aliphatic heterocycles. The van der Waals surface area contributed by atoms with E-state index in [0.29, 0.717) is 22.7 Å². The van der Waals surface area contributed by atoms with Crippen LogP contribution in [0.15, 0.2) is 51.8 Å². The molecular weight excluding hydrogens is 312 g/mol. The predicted molar refractivity (Wildman–Crippen MR) is 90.0 cm³/mol. The maximum absolute atomic E-state index is 12.4. The number of rotatable bonds is 5. The highest BCUT2D eigenvalue weighted by molar-refractivity contribution is 7.92. The van der Waals surface area contributed by atoms with E-state index in [1.165, 1.54) is 0 Å². The number of oxazole rings is 1. The van der Waals surface area contributed by atoms with Crippen LogP contribution in [-0.2, 0) is 16.4 Å². The van der Waals surface area contributed by atoms with E-state index in [9.17, 15) is 8.42 Å². The number of benzene rings is 2. The molecule has 1 aromatic heterocycles. The number of aromatic nitrogens is 1. The van der Waals surface area contributed by atoms with E-state index in [-0.39, 0.29) is 4.90 Å². The number of hydrogen-bond acceptors (Lipinski definition) is 4. The quantitative estimate of drug-likeness (QED) is 0.770. The van der Waals surface area contributed by atoms with Crippen LogP contribution in [0.3, 0.4) is 0 Å². The average molecular weight is 330 g/mol. The lowest BCUT2D eigenvalue weighted by Crippen LogP contribution is -2.12. The number of nitrogens with zero attached hydrogens (tertiary/aromatic N) is 1. The Bertz CT molecular complexity index is 928. The molecule has 0 fully saturated rings. The molecule has 3 aromatic rings. The van der Waals surface area contributed by atoms with E-state index < -0.39 is 10.0 Å². The summed E-state index contributed by atoms with van der Waals surface area (Å²) >= 11 is 0. The lowest BCUT2D eigenvalue weighted by Gasteiger charge is -2.08. The van der Waals surface area contributed by atoms with Crippen molar-refractivity contribution < 1.29 is 12.8 Å². The molecule has 0 aliphatic carbocycles. The Morgan fingerprint density at radius 2 is 1.87 bits per heavy atom. The molecule has 0 aliphatic rings. The number of hydrogen-bond donors (Lipinski definition) is 1. The lowest BCUT2D eigenvalue weighted by atomic mass is 10.2. The third-order valence-corrected chi connectivity index (χ3v) is 4.88. The van der Waals surface area contributed by atoms with E-state index in [0.717, 1.165) is 18.4 Å². The van der Waals surface area contributed by atoms with Gasteiger partial charge in [0.05, 0.1) is 10.6 Å². The fraction of sp³-hybridized carbons (Fsp3) is 0.235. The smallest absolute Gasteiger partial charge is 0.261 e. The minimum Gasteiger partial charge on any atom is -0.441 e. The first kappa shape index (κ1) is 15.6. The molecule has 0 radical (unpaired) electrons. The second-order valence-corrected chi connectivity index (χ2v) is 7.14.